The number of nitrogens with zero attached hydrogens (tertiary/aromatic N) is 2. The molecule has 2 aromatic carbocycles. The highest BCUT2D eigenvalue weighted by molar-refractivity contribution is 7.86. The summed E-state index contributed by atoms with van der Waals surface area (Å²) in [6.45, 7) is 0.119. The van der Waals surface area contributed by atoms with Crippen molar-refractivity contribution in [2.45, 2.75) is 19.6 Å². The third-order valence-electron chi connectivity index (χ3n) is 4.61. The molecule has 0 saturated carbocycles. The minimum absolute atomic E-state index is 0.111. The maximum atomic E-state index is 14.2. The Kier molecular flexibility index (Phi) is 7.49. The van der Waals surface area contributed by atoms with Gasteiger partial charge in [0.05, 0.1) is 7.11 Å². The van der Waals surface area contributed by atoms with E-state index < -0.39 is 16.0 Å². The molecule has 0 radical (unpaired) electrons. The Morgan fingerprint density at radius 2 is 1.80 bits per heavy atom. The van der Waals surface area contributed by atoms with E-state index in [4.69, 9.17) is 16.3 Å². The van der Waals surface area contributed by atoms with Gasteiger partial charge >= 0.3 is 0 Å². The lowest BCUT2D eigenvalue weighted by Crippen LogP contribution is -2.41. The number of benzene rings is 2. The molecule has 0 bridgehead atoms. The number of para-hydroxylation sites is 1. The van der Waals surface area contributed by atoms with Crippen LogP contribution in [0.5, 0.6) is 5.75 Å². The molecule has 0 atom stereocenters. The second-order valence-electron chi connectivity index (χ2n) is 6.62. The van der Waals surface area contributed by atoms with Crippen LogP contribution in [0.3, 0.4) is 0 Å². The van der Waals surface area contributed by atoms with Gasteiger partial charge in [-0.3, -0.25) is 0 Å². The molecule has 9 heteroatoms. The van der Waals surface area contributed by atoms with Gasteiger partial charge in [0.1, 0.15) is 11.6 Å². The Labute approximate surface area is 185 Å². The Morgan fingerprint density at radius 3 is 2.47 bits per heavy atom. The average Bonchev–Trinajstić information content (AvgIpc) is 3.23. The fourth-order valence-corrected chi connectivity index (χ4v) is 5.32. The second kappa shape index (κ2) is 9.89. The summed E-state index contributed by atoms with van der Waals surface area (Å²) in [6, 6.07) is 15.3. The highest BCUT2D eigenvalue weighted by Crippen LogP contribution is 2.26. The lowest BCUT2D eigenvalue weighted by Gasteiger charge is -2.28. The van der Waals surface area contributed by atoms with Gasteiger partial charge in [-0.05, 0) is 29.6 Å². The number of ether oxygens (including phenoxy) is 1. The molecule has 3 aromatic rings. The van der Waals surface area contributed by atoms with Crippen molar-refractivity contribution in [2.24, 2.45) is 0 Å². The van der Waals surface area contributed by atoms with Crippen LogP contribution in [-0.4, -0.2) is 31.2 Å². The maximum absolute atomic E-state index is 14.2. The van der Waals surface area contributed by atoms with Crippen molar-refractivity contribution in [3.63, 3.8) is 0 Å². The first-order chi connectivity index (χ1) is 14.3. The molecule has 30 heavy (non-hydrogen) atoms. The first-order valence-electron chi connectivity index (χ1n) is 9.11. The Hall–Kier alpha value is -1.97. The summed E-state index contributed by atoms with van der Waals surface area (Å²) in [4.78, 5) is 0.894. The van der Waals surface area contributed by atoms with Gasteiger partial charge in [0.25, 0.3) is 10.2 Å². The average molecular weight is 469 g/mol. The third-order valence-corrected chi connectivity index (χ3v) is 7.66. The van der Waals surface area contributed by atoms with E-state index in [2.05, 4.69) is 0 Å². The van der Waals surface area contributed by atoms with Gasteiger partial charge in [0.15, 0.2) is 0 Å². The minimum Gasteiger partial charge on any atom is -0.496 e. The van der Waals surface area contributed by atoms with Crippen LogP contribution >= 0.6 is 22.9 Å². The molecule has 0 spiro atoms. The molecule has 0 fully saturated rings. The van der Waals surface area contributed by atoms with E-state index in [1.807, 2.05) is 35.7 Å². The topological polar surface area (TPSA) is 49.9 Å². The molecule has 3 rings (SSSR count). The molecule has 160 valence electrons. The van der Waals surface area contributed by atoms with Crippen molar-refractivity contribution in [1.82, 2.24) is 8.61 Å². The molecule has 1 heterocycles. The van der Waals surface area contributed by atoms with Gasteiger partial charge < -0.3 is 4.74 Å². The van der Waals surface area contributed by atoms with Crippen molar-refractivity contribution >= 4 is 33.1 Å². The highest BCUT2D eigenvalue weighted by atomic mass is 35.5. The summed E-state index contributed by atoms with van der Waals surface area (Å²) in [7, 11) is -0.976. The van der Waals surface area contributed by atoms with Crippen LogP contribution in [0.1, 0.15) is 16.0 Å². The van der Waals surface area contributed by atoms with E-state index >= 15 is 0 Å². The molecule has 0 unspecified atom stereocenters. The Morgan fingerprint density at radius 1 is 1.03 bits per heavy atom. The van der Waals surface area contributed by atoms with Crippen molar-refractivity contribution in [3.8, 4) is 5.75 Å². The summed E-state index contributed by atoms with van der Waals surface area (Å²) in [5, 5.41) is 2.08. The van der Waals surface area contributed by atoms with Gasteiger partial charge in [-0.15, -0.1) is 11.3 Å². The van der Waals surface area contributed by atoms with E-state index in [-0.39, 0.29) is 30.2 Å². The van der Waals surface area contributed by atoms with Crippen LogP contribution < -0.4 is 4.74 Å². The summed E-state index contributed by atoms with van der Waals surface area (Å²) in [6.07, 6.45) is 0. The fourth-order valence-electron chi connectivity index (χ4n) is 3.00. The molecular weight excluding hydrogens is 447 g/mol. The molecule has 0 aliphatic carbocycles. The molecule has 0 amide bonds. The molecular formula is C21H22ClFN2O3S2. The van der Waals surface area contributed by atoms with Gasteiger partial charge in [-0.1, -0.05) is 41.9 Å². The smallest absolute Gasteiger partial charge is 0.282 e. The van der Waals surface area contributed by atoms with Crippen LogP contribution in [0.4, 0.5) is 4.39 Å². The quantitative estimate of drug-likeness (QED) is 0.447. The zero-order valence-electron chi connectivity index (χ0n) is 16.6. The van der Waals surface area contributed by atoms with Crippen molar-refractivity contribution < 1.29 is 17.5 Å². The molecule has 5 nitrogen and oxygen atoms in total. The van der Waals surface area contributed by atoms with E-state index in [1.165, 1.54) is 34.8 Å². The highest BCUT2D eigenvalue weighted by Gasteiger charge is 2.29. The van der Waals surface area contributed by atoms with E-state index in [0.717, 1.165) is 14.7 Å². The Balaban J connectivity index is 1.92. The summed E-state index contributed by atoms with van der Waals surface area (Å²) < 4.78 is 48.9. The zero-order chi connectivity index (χ0) is 21.7. The van der Waals surface area contributed by atoms with E-state index in [9.17, 15) is 12.8 Å². The zero-order valence-corrected chi connectivity index (χ0v) is 19.0. The van der Waals surface area contributed by atoms with Gasteiger partial charge in [-0.25, -0.2) is 4.39 Å². The largest absolute Gasteiger partial charge is 0.496 e. The standard InChI is InChI=1S/C21H22ClFN2O3S2/c1-24(15-18-19(22)9-5-10-20(18)23)30(26,27)25(14-17-8-6-12-29-17)13-16-7-3-4-11-21(16)28-2/h3-12H,13-15H2,1-2H3. The van der Waals surface area contributed by atoms with Crippen molar-refractivity contribution in [2.75, 3.05) is 14.2 Å². The number of methoxy groups -OCH3 is 1. The van der Waals surface area contributed by atoms with Crippen LogP contribution in [-0.2, 0) is 29.8 Å². The lowest BCUT2D eigenvalue weighted by molar-refractivity contribution is 0.339. The van der Waals surface area contributed by atoms with Crippen LogP contribution in [0.15, 0.2) is 60.0 Å². The molecule has 0 aliphatic heterocycles. The van der Waals surface area contributed by atoms with Crippen LogP contribution in [0, 0.1) is 5.82 Å². The fraction of sp³-hybridized carbons (Fsp3) is 0.238. The number of hydrogen-bond donors (Lipinski definition) is 0. The lowest BCUT2D eigenvalue weighted by atomic mass is 10.2. The normalized spacial score (nSPS) is 11.9. The molecule has 0 saturated heterocycles. The van der Waals surface area contributed by atoms with Gasteiger partial charge in [0, 0.05) is 47.7 Å². The SMILES string of the molecule is COc1ccccc1CN(Cc1cccs1)S(=O)(=O)N(C)Cc1c(F)cccc1Cl. The Bertz CT molecular complexity index is 1070. The second-order valence-corrected chi connectivity index (χ2v) is 10.1. The van der Waals surface area contributed by atoms with Gasteiger partial charge in [-0.2, -0.15) is 17.0 Å². The molecule has 1 aromatic heterocycles. The molecule has 0 aliphatic rings. The van der Waals surface area contributed by atoms with E-state index in [1.54, 1.807) is 19.2 Å². The van der Waals surface area contributed by atoms with Crippen molar-refractivity contribution in [3.05, 3.63) is 86.8 Å². The van der Waals surface area contributed by atoms with Crippen LogP contribution in [0.2, 0.25) is 5.02 Å². The van der Waals surface area contributed by atoms with Gasteiger partial charge in [0.2, 0.25) is 0 Å². The summed E-state index contributed by atoms with van der Waals surface area (Å²) in [5.41, 5.74) is 0.871. The van der Waals surface area contributed by atoms with Crippen LogP contribution in [0.25, 0.3) is 0 Å². The first-order valence-corrected chi connectivity index (χ1v) is 11.8. The van der Waals surface area contributed by atoms with Crippen molar-refractivity contribution in [1.29, 1.82) is 0 Å². The minimum atomic E-state index is -3.94. The monoisotopic (exact) mass is 468 g/mol. The number of thiophene rings is 1. The predicted octanol–water partition coefficient (Wildman–Crippen LogP) is 4.93. The number of halogens is 2. The summed E-state index contributed by atoms with van der Waals surface area (Å²) in [5.74, 6) is 0.0581. The number of rotatable bonds is 9. The summed E-state index contributed by atoms with van der Waals surface area (Å²) >= 11 is 7.57. The predicted molar refractivity (Wildman–Crippen MR) is 118 cm³/mol. The third kappa shape index (κ3) is 5.19. The maximum Gasteiger partial charge on any atom is 0.282 e. The number of hydrogen-bond acceptors (Lipinski definition) is 4. The van der Waals surface area contributed by atoms with E-state index in [0.29, 0.717) is 5.75 Å². The molecule has 0 N–H and O–H groups in total. The first kappa shape index (κ1) is 22.7.